The van der Waals surface area contributed by atoms with Crippen LogP contribution in [0.2, 0.25) is 5.02 Å². The standard InChI is InChI=1S/C24H25ClN4O2S/c1-3-9-29-23(31)20-8-7-18(25)15-21(20)26-24(29)32-16-22(30)28-12-10-27(11-13-28)19-6-4-5-17(2)14-19/h3-8,14-15H,1,9-13,16H2,2H3. The van der Waals surface area contributed by atoms with Gasteiger partial charge in [-0.3, -0.25) is 14.2 Å². The lowest BCUT2D eigenvalue weighted by atomic mass is 10.2. The van der Waals surface area contributed by atoms with Gasteiger partial charge >= 0.3 is 0 Å². The summed E-state index contributed by atoms with van der Waals surface area (Å²) in [6.45, 7) is 9.10. The second kappa shape index (κ2) is 9.79. The molecule has 2 aromatic carbocycles. The molecular formula is C24H25ClN4O2S. The van der Waals surface area contributed by atoms with E-state index in [-0.39, 0.29) is 17.2 Å². The highest BCUT2D eigenvalue weighted by atomic mass is 35.5. The predicted molar refractivity (Wildman–Crippen MR) is 132 cm³/mol. The molecule has 0 bridgehead atoms. The third-order valence-corrected chi connectivity index (χ3v) is 6.71. The molecule has 1 aromatic heterocycles. The van der Waals surface area contributed by atoms with E-state index in [9.17, 15) is 9.59 Å². The van der Waals surface area contributed by atoms with Gasteiger partial charge in [0.1, 0.15) is 0 Å². The van der Waals surface area contributed by atoms with Crippen LogP contribution in [0.4, 0.5) is 5.69 Å². The Morgan fingerprint density at radius 1 is 1.19 bits per heavy atom. The first-order chi connectivity index (χ1) is 15.5. The first-order valence-electron chi connectivity index (χ1n) is 10.5. The number of fused-ring (bicyclic) bond motifs is 1. The Morgan fingerprint density at radius 2 is 1.97 bits per heavy atom. The summed E-state index contributed by atoms with van der Waals surface area (Å²) in [5.74, 6) is 0.268. The monoisotopic (exact) mass is 468 g/mol. The van der Waals surface area contributed by atoms with Crippen molar-refractivity contribution in [1.82, 2.24) is 14.5 Å². The van der Waals surface area contributed by atoms with Gasteiger partial charge in [-0.15, -0.1) is 6.58 Å². The molecule has 8 heteroatoms. The van der Waals surface area contributed by atoms with E-state index in [4.69, 9.17) is 11.6 Å². The zero-order valence-corrected chi connectivity index (χ0v) is 19.5. The Hall–Kier alpha value is -2.77. The molecule has 0 radical (unpaired) electrons. The molecule has 0 saturated carbocycles. The normalized spacial score (nSPS) is 14.1. The van der Waals surface area contributed by atoms with Gasteiger partial charge in [0, 0.05) is 43.4 Å². The summed E-state index contributed by atoms with van der Waals surface area (Å²) in [4.78, 5) is 34.6. The number of aryl methyl sites for hydroxylation is 1. The van der Waals surface area contributed by atoms with Crippen molar-refractivity contribution in [1.29, 1.82) is 0 Å². The second-order valence-corrected chi connectivity index (χ2v) is 9.13. The molecule has 0 spiro atoms. The van der Waals surface area contributed by atoms with Crippen molar-refractivity contribution in [3.63, 3.8) is 0 Å². The van der Waals surface area contributed by atoms with Crippen molar-refractivity contribution in [2.45, 2.75) is 18.6 Å². The summed E-state index contributed by atoms with van der Waals surface area (Å²) in [6, 6.07) is 13.5. The minimum absolute atomic E-state index is 0.0458. The number of halogens is 1. The first kappa shape index (κ1) is 22.4. The van der Waals surface area contributed by atoms with Crippen LogP contribution < -0.4 is 10.5 Å². The lowest BCUT2D eigenvalue weighted by Crippen LogP contribution is -2.49. The molecule has 6 nitrogen and oxygen atoms in total. The molecule has 1 aliphatic heterocycles. The molecule has 166 valence electrons. The van der Waals surface area contributed by atoms with E-state index in [2.05, 4.69) is 47.7 Å². The van der Waals surface area contributed by atoms with Crippen molar-refractivity contribution < 1.29 is 4.79 Å². The van der Waals surface area contributed by atoms with Crippen molar-refractivity contribution in [3.05, 3.63) is 76.1 Å². The number of thioether (sulfide) groups is 1. The van der Waals surface area contributed by atoms with Crippen LogP contribution in [0.25, 0.3) is 10.9 Å². The summed E-state index contributed by atoms with van der Waals surface area (Å²) in [5.41, 5.74) is 2.80. The Kier molecular flexibility index (Phi) is 6.86. The molecular weight excluding hydrogens is 444 g/mol. The number of benzene rings is 2. The van der Waals surface area contributed by atoms with E-state index >= 15 is 0 Å². The summed E-state index contributed by atoms with van der Waals surface area (Å²) >= 11 is 7.36. The zero-order chi connectivity index (χ0) is 22.7. The number of hydrogen-bond acceptors (Lipinski definition) is 5. The van der Waals surface area contributed by atoms with Crippen LogP contribution in [-0.2, 0) is 11.3 Å². The van der Waals surface area contributed by atoms with E-state index in [1.807, 2.05) is 4.90 Å². The van der Waals surface area contributed by atoms with Gasteiger partial charge in [-0.2, -0.15) is 0 Å². The minimum atomic E-state index is -0.159. The van der Waals surface area contributed by atoms with Crippen LogP contribution in [0.1, 0.15) is 5.56 Å². The predicted octanol–water partition coefficient (Wildman–Crippen LogP) is 3.99. The number of anilines is 1. The molecule has 32 heavy (non-hydrogen) atoms. The van der Waals surface area contributed by atoms with Gasteiger partial charge in [-0.05, 0) is 42.8 Å². The van der Waals surface area contributed by atoms with Gasteiger partial charge < -0.3 is 9.80 Å². The van der Waals surface area contributed by atoms with E-state index in [0.29, 0.717) is 40.7 Å². The molecule has 0 N–H and O–H groups in total. The Bertz CT molecular complexity index is 1220. The van der Waals surface area contributed by atoms with Gasteiger partial charge in [-0.1, -0.05) is 41.6 Å². The van der Waals surface area contributed by atoms with Crippen LogP contribution in [-0.4, -0.2) is 52.3 Å². The summed E-state index contributed by atoms with van der Waals surface area (Å²) < 4.78 is 1.55. The topological polar surface area (TPSA) is 58.4 Å². The van der Waals surface area contributed by atoms with E-state index in [0.717, 1.165) is 13.1 Å². The second-order valence-electron chi connectivity index (χ2n) is 7.76. The van der Waals surface area contributed by atoms with Crippen molar-refractivity contribution in [2.75, 3.05) is 36.8 Å². The zero-order valence-electron chi connectivity index (χ0n) is 18.0. The number of nitrogens with zero attached hydrogens (tertiary/aromatic N) is 4. The van der Waals surface area contributed by atoms with Crippen LogP contribution in [0.3, 0.4) is 0 Å². The third kappa shape index (κ3) is 4.84. The maximum absolute atomic E-state index is 12.9. The molecule has 4 rings (SSSR count). The number of allylic oxidation sites excluding steroid dienone is 1. The highest BCUT2D eigenvalue weighted by molar-refractivity contribution is 7.99. The average molecular weight is 469 g/mol. The third-order valence-electron chi connectivity index (χ3n) is 5.52. The van der Waals surface area contributed by atoms with Crippen LogP contribution in [0.15, 0.2) is 65.1 Å². The Balaban J connectivity index is 1.44. The van der Waals surface area contributed by atoms with Crippen molar-refractivity contribution >= 4 is 45.9 Å². The molecule has 1 amide bonds. The first-order valence-corrected chi connectivity index (χ1v) is 11.9. The fourth-order valence-corrected chi connectivity index (χ4v) is 4.91. The lowest BCUT2D eigenvalue weighted by molar-refractivity contribution is -0.128. The maximum atomic E-state index is 12.9. The van der Waals surface area contributed by atoms with Crippen LogP contribution >= 0.6 is 23.4 Å². The summed E-state index contributed by atoms with van der Waals surface area (Å²) in [6.07, 6.45) is 1.65. The number of hydrogen-bond donors (Lipinski definition) is 0. The fourth-order valence-electron chi connectivity index (χ4n) is 3.83. The average Bonchev–Trinajstić information content (AvgIpc) is 2.79. The number of rotatable bonds is 6. The van der Waals surface area contributed by atoms with Crippen LogP contribution in [0, 0.1) is 6.92 Å². The molecule has 1 aliphatic rings. The van der Waals surface area contributed by atoms with Gasteiger partial charge in [0.2, 0.25) is 5.91 Å². The smallest absolute Gasteiger partial charge is 0.262 e. The number of piperazine rings is 1. The van der Waals surface area contributed by atoms with Gasteiger partial charge in [-0.25, -0.2) is 4.98 Å². The highest BCUT2D eigenvalue weighted by Crippen LogP contribution is 2.22. The molecule has 1 saturated heterocycles. The van der Waals surface area contributed by atoms with Crippen molar-refractivity contribution in [3.8, 4) is 0 Å². The Labute approximate surface area is 196 Å². The summed E-state index contributed by atoms with van der Waals surface area (Å²) in [7, 11) is 0. The van der Waals surface area contributed by atoms with E-state index in [1.54, 1.807) is 28.8 Å². The number of amides is 1. The van der Waals surface area contributed by atoms with Crippen molar-refractivity contribution in [2.24, 2.45) is 0 Å². The lowest BCUT2D eigenvalue weighted by Gasteiger charge is -2.36. The highest BCUT2D eigenvalue weighted by Gasteiger charge is 2.22. The van der Waals surface area contributed by atoms with E-state index in [1.165, 1.54) is 23.0 Å². The maximum Gasteiger partial charge on any atom is 0.262 e. The molecule has 0 atom stereocenters. The molecule has 3 aromatic rings. The number of carbonyl (C=O) groups excluding carboxylic acids is 1. The molecule has 2 heterocycles. The molecule has 0 unspecified atom stereocenters. The van der Waals surface area contributed by atoms with Gasteiger partial charge in [0.25, 0.3) is 5.56 Å². The number of carbonyl (C=O) groups is 1. The van der Waals surface area contributed by atoms with Gasteiger partial charge in [0.05, 0.1) is 16.7 Å². The molecule has 0 aliphatic carbocycles. The molecule has 1 fully saturated rings. The van der Waals surface area contributed by atoms with Crippen LogP contribution in [0.5, 0.6) is 0 Å². The van der Waals surface area contributed by atoms with E-state index < -0.39 is 0 Å². The SMILES string of the molecule is C=CCn1c(SCC(=O)N2CCN(c3cccc(C)c3)CC2)nc2cc(Cl)ccc2c1=O. The Morgan fingerprint density at radius 3 is 2.69 bits per heavy atom. The van der Waals surface area contributed by atoms with Gasteiger partial charge in [0.15, 0.2) is 5.16 Å². The fraction of sp³-hybridized carbons (Fsp3) is 0.292. The minimum Gasteiger partial charge on any atom is -0.368 e. The summed E-state index contributed by atoms with van der Waals surface area (Å²) in [5, 5.41) is 1.51. The quantitative estimate of drug-likeness (QED) is 0.311. The largest absolute Gasteiger partial charge is 0.368 e. The number of aromatic nitrogens is 2.